The number of hydrogen-bond donors (Lipinski definition) is 4. The molecule has 0 aromatic rings. The Kier molecular flexibility index (Phi) is 27.7. The second kappa shape index (κ2) is 25.5. The van der Waals surface area contributed by atoms with Crippen LogP contribution in [0.2, 0.25) is 0 Å². The van der Waals surface area contributed by atoms with Crippen molar-refractivity contribution in [3.63, 3.8) is 0 Å². The Balaban J connectivity index is 0. The molecular weight excluding hydrogens is 296 g/mol. The largest absolute Gasteiger partial charge is 0.377 e. The molecule has 22 heavy (non-hydrogen) atoms. The number of hydrazine groups is 2. The quantitative estimate of drug-likeness (QED) is 0.282. The summed E-state index contributed by atoms with van der Waals surface area (Å²) in [5.41, 5.74) is 0. The molecule has 136 valence electrons. The second-order valence-corrected chi connectivity index (χ2v) is 3.67. The van der Waals surface area contributed by atoms with Crippen LogP contribution in [-0.2, 0) is 28.4 Å². The number of nitrogens with two attached hydrogens (primary N) is 4. The van der Waals surface area contributed by atoms with Gasteiger partial charge in [-0.15, -0.1) is 0 Å². The monoisotopic (exact) mass is 328 g/mol. The average Bonchev–Trinajstić information content (AvgIpc) is 2.59. The predicted octanol–water partition coefficient (Wildman–Crippen LogP) is -2.26. The van der Waals surface area contributed by atoms with Crippen molar-refractivity contribution in [2.45, 2.75) is 0 Å². The molecule has 1 aliphatic heterocycles. The van der Waals surface area contributed by atoms with Gasteiger partial charge in [-0.25, -0.2) is 0 Å². The van der Waals surface area contributed by atoms with Gasteiger partial charge in [0, 0.05) is 0 Å². The molecule has 10 nitrogen and oxygen atoms in total. The first-order chi connectivity index (χ1) is 11.0. The summed E-state index contributed by atoms with van der Waals surface area (Å²) in [6, 6.07) is 0. The third-order valence-electron chi connectivity index (χ3n) is 2.23. The zero-order valence-electron chi connectivity index (χ0n) is 13.2. The molecular formula is C12H32N4O6. The minimum atomic E-state index is 0.586. The molecule has 1 saturated heterocycles. The van der Waals surface area contributed by atoms with Gasteiger partial charge in [0.15, 0.2) is 0 Å². The molecule has 1 heterocycles. The van der Waals surface area contributed by atoms with Crippen LogP contribution in [0.3, 0.4) is 0 Å². The van der Waals surface area contributed by atoms with Crippen molar-refractivity contribution in [2.24, 2.45) is 23.4 Å². The molecule has 0 atom stereocenters. The fourth-order valence-corrected chi connectivity index (χ4v) is 1.32. The highest BCUT2D eigenvalue weighted by molar-refractivity contribution is 4.38. The summed E-state index contributed by atoms with van der Waals surface area (Å²) in [5.74, 6) is 16.0. The Hall–Kier alpha value is -0.400. The van der Waals surface area contributed by atoms with Crippen LogP contribution in [0.4, 0.5) is 0 Å². The van der Waals surface area contributed by atoms with Crippen molar-refractivity contribution >= 4 is 0 Å². The molecule has 1 fully saturated rings. The molecule has 10 heteroatoms. The maximum atomic E-state index is 5.33. The van der Waals surface area contributed by atoms with Crippen LogP contribution in [0.25, 0.3) is 0 Å². The van der Waals surface area contributed by atoms with Crippen molar-refractivity contribution in [1.29, 1.82) is 0 Å². The predicted molar refractivity (Wildman–Crippen MR) is 81.7 cm³/mol. The van der Waals surface area contributed by atoms with Gasteiger partial charge in [-0.1, -0.05) is 0 Å². The van der Waals surface area contributed by atoms with Gasteiger partial charge in [-0.3, -0.25) is 23.4 Å². The molecule has 0 bridgehead atoms. The van der Waals surface area contributed by atoms with E-state index in [1.54, 1.807) is 0 Å². The minimum absolute atomic E-state index is 0.586. The van der Waals surface area contributed by atoms with E-state index in [2.05, 4.69) is 23.4 Å². The fraction of sp³-hybridized carbons (Fsp3) is 1.00. The Bertz CT molecular complexity index is 107. The van der Waals surface area contributed by atoms with Crippen molar-refractivity contribution in [1.82, 2.24) is 0 Å². The van der Waals surface area contributed by atoms with Crippen LogP contribution in [-0.4, -0.2) is 79.3 Å². The average molecular weight is 328 g/mol. The first-order valence-electron chi connectivity index (χ1n) is 7.13. The van der Waals surface area contributed by atoms with Crippen molar-refractivity contribution in [3.05, 3.63) is 0 Å². The number of rotatable bonds is 0. The Morgan fingerprint density at radius 2 is 0.364 bits per heavy atom. The van der Waals surface area contributed by atoms with Crippen molar-refractivity contribution < 1.29 is 28.4 Å². The van der Waals surface area contributed by atoms with Crippen LogP contribution in [0.15, 0.2) is 0 Å². The third kappa shape index (κ3) is 21.9. The molecule has 0 aliphatic carbocycles. The molecule has 0 saturated carbocycles. The highest BCUT2D eigenvalue weighted by Crippen LogP contribution is 1.86. The topological polar surface area (TPSA) is 159 Å². The van der Waals surface area contributed by atoms with E-state index in [4.69, 9.17) is 28.4 Å². The Morgan fingerprint density at radius 3 is 0.455 bits per heavy atom. The third-order valence-corrected chi connectivity index (χ3v) is 2.23. The number of ether oxygens (including phenoxy) is 6. The van der Waals surface area contributed by atoms with Gasteiger partial charge >= 0.3 is 0 Å². The van der Waals surface area contributed by atoms with Gasteiger partial charge in [-0.05, 0) is 0 Å². The van der Waals surface area contributed by atoms with E-state index in [1.807, 2.05) is 0 Å². The lowest BCUT2D eigenvalue weighted by Crippen LogP contribution is -2.16. The molecule has 1 rings (SSSR count). The van der Waals surface area contributed by atoms with E-state index < -0.39 is 0 Å². The van der Waals surface area contributed by atoms with E-state index in [0.29, 0.717) is 79.3 Å². The lowest BCUT2D eigenvalue weighted by molar-refractivity contribution is -0.0334. The second-order valence-electron chi connectivity index (χ2n) is 3.67. The zero-order chi connectivity index (χ0) is 16.7. The molecule has 0 amide bonds. The summed E-state index contributed by atoms with van der Waals surface area (Å²) >= 11 is 0. The molecule has 0 unspecified atom stereocenters. The summed E-state index contributed by atoms with van der Waals surface area (Å²) in [5, 5.41) is 0. The summed E-state index contributed by atoms with van der Waals surface area (Å²) in [6.07, 6.45) is 0. The lowest BCUT2D eigenvalue weighted by Gasteiger charge is -2.09. The zero-order valence-corrected chi connectivity index (χ0v) is 13.2. The molecule has 0 radical (unpaired) electrons. The minimum Gasteiger partial charge on any atom is -0.377 e. The molecule has 0 aromatic carbocycles. The summed E-state index contributed by atoms with van der Waals surface area (Å²) < 4.78 is 32.0. The highest BCUT2D eigenvalue weighted by Gasteiger charge is 1.95. The molecule has 8 N–H and O–H groups in total. The normalized spacial score (nSPS) is 20.2. The van der Waals surface area contributed by atoms with E-state index >= 15 is 0 Å². The van der Waals surface area contributed by atoms with Crippen LogP contribution in [0.5, 0.6) is 0 Å². The van der Waals surface area contributed by atoms with Crippen LogP contribution in [0.1, 0.15) is 0 Å². The van der Waals surface area contributed by atoms with E-state index in [-0.39, 0.29) is 0 Å². The van der Waals surface area contributed by atoms with E-state index in [1.165, 1.54) is 0 Å². The smallest absolute Gasteiger partial charge is 0.0701 e. The first kappa shape index (κ1) is 23.9. The van der Waals surface area contributed by atoms with Crippen LogP contribution in [0, 0.1) is 0 Å². The van der Waals surface area contributed by atoms with Gasteiger partial charge in [0.1, 0.15) is 0 Å². The maximum Gasteiger partial charge on any atom is 0.0701 e. The summed E-state index contributed by atoms with van der Waals surface area (Å²) in [7, 11) is 0. The van der Waals surface area contributed by atoms with Gasteiger partial charge in [0.25, 0.3) is 0 Å². The van der Waals surface area contributed by atoms with E-state index in [9.17, 15) is 0 Å². The van der Waals surface area contributed by atoms with Gasteiger partial charge in [-0.2, -0.15) is 0 Å². The van der Waals surface area contributed by atoms with Gasteiger partial charge in [0.2, 0.25) is 0 Å². The van der Waals surface area contributed by atoms with Crippen molar-refractivity contribution in [3.8, 4) is 0 Å². The summed E-state index contributed by atoms with van der Waals surface area (Å²) in [6.45, 7) is 7.04. The SMILES string of the molecule is C1COCCOCCOCCOCCOCCO1.NN.NN. The van der Waals surface area contributed by atoms with Gasteiger partial charge in [0.05, 0.1) is 79.3 Å². The van der Waals surface area contributed by atoms with E-state index in [0.717, 1.165) is 0 Å². The molecule has 0 spiro atoms. The van der Waals surface area contributed by atoms with Crippen LogP contribution >= 0.6 is 0 Å². The van der Waals surface area contributed by atoms with Crippen LogP contribution < -0.4 is 23.4 Å². The molecule has 0 aromatic heterocycles. The molecule has 1 aliphatic rings. The highest BCUT2D eigenvalue weighted by atomic mass is 16.6. The fourth-order valence-electron chi connectivity index (χ4n) is 1.32. The Labute approximate surface area is 132 Å². The summed E-state index contributed by atoms with van der Waals surface area (Å²) in [4.78, 5) is 0. The van der Waals surface area contributed by atoms with Gasteiger partial charge < -0.3 is 28.4 Å². The standard InChI is InChI=1S/C12H24O6.2H4N2/c1-2-14-5-6-16-9-10-18-12-11-17-8-7-15-4-3-13-1;2*1-2/h1-12H2;2*1-2H2. The maximum absolute atomic E-state index is 5.33. The van der Waals surface area contributed by atoms with Crippen molar-refractivity contribution in [2.75, 3.05) is 79.3 Å². The Morgan fingerprint density at radius 1 is 0.273 bits per heavy atom. The number of hydrogen-bond acceptors (Lipinski definition) is 10. The lowest BCUT2D eigenvalue weighted by atomic mass is 10.6. The first-order valence-corrected chi connectivity index (χ1v) is 7.13.